The van der Waals surface area contributed by atoms with Crippen molar-refractivity contribution in [1.82, 2.24) is 15.5 Å². The average Bonchev–Trinajstić information content (AvgIpc) is 3.32. The Morgan fingerprint density at radius 2 is 1.70 bits per heavy atom. The van der Waals surface area contributed by atoms with Crippen molar-refractivity contribution >= 4 is 17.5 Å². The maximum absolute atomic E-state index is 12.9. The van der Waals surface area contributed by atoms with Crippen molar-refractivity contribution < 1.29 is 14.1 Å². The summed E-state index contributed by atoms with van der Waals surface area (Å²) in [6.07, 6.45) is 0. The summed E-state index contributed by atoms with van der Waals surface area (Å²) in [5.74, 6) is 1.37. The number of ether oxygens (including phenoxy) is 1. The molecule has 1 heterocycles. The number of amides is 1. The Labute approximate surface area is 197 Å². The highest BCUT2D eigenvalue weighted by Crippen LogP contribution is 2.24. The molecule has 0 spiro atoms. The molecule has 0 saturated heterocycles. The van der Waals surface area contributed by atoms with E-state index in [2.05, 4.69) is 15.5 Å². The van der Waals surface area contributed by atoms with Crippen LogP contribution in [0.2, 0.25) is 5.02 Å². The van der Waals surface area contributed by atoms with Gasteiger partial charge in [-0.3, -0.25) is 4.79 Å². The van der Waals surface area contributed by atoms with E-state index in [-0.39, 0.29) is 11.8 Å². The van der Waals surface area contributed by atoms with Gasteiger partial charge in [0.1, 0.15) is 18.4 Å². The molecule has 33 heavy (non-hydrogen) atoms. The van der Waals surface area contributed by atoms with Crippen LogP contribution in [0.5, 0.6) is 5.75 Å². The van der Waals surface area contributed by atoms with E-state index >= 15 is 0 Å². The third kappa shape index (κ3) is 5.79. The fourth-order valence-corrected chi connectivity index (χ4v) is 3.38. The molecule has 7 heteroatoms. The standard InChI is InChI=1S/C26H24ClN3O3/c1-17(2)23(26-29-24(30-33-26)19-6-4-3-5-7-19)28-25(31)20-10-14-22(15-11-20)32-16-18-8-12-21(27)13-9-18/h3-15,17,23H,16H2,1-2H3,(H,28,31)/t23-/m0/s1. The van der Waals surface area contributed by atoms with Crippen LogP contribution < -0.4 is 10.1 Å². The summed E-state index contributed by atoms with van der Waals surface area (Å²) in [4.78, 5) is 17.4. The highest BCUT2D eigenvalue weighted by molar-refractivity contribution is 6.30. The number of aromatic nitrogens is 2. The summed E-state index contributed by atoms with van der Waals surface area (Å²) < 4.78 is 11.3. The lowest BCUT2D eigenvalue weighted by atomic mass is 10.0. The van der Waals surface area contributed by atoms with Gasteiger partial charge in [0.2, 0.25) is 11.7 Å². The average molecular weight is 462 g/mol. The molecule has 0 aliphatic carbocycles. The lowest BCUT2D eigenvalue weighted by Gasteiger charge is -2.18. The van der Waals surface area contributed by atoms with Crippen molar-refractivity contribution in [3.8, 4) is 17.1 Å². The van der Waals surface area contributed by atoms with E-state index in [1.54, 1.807) is 24.3 Å². The Morgan fingerprint density at radius 3 is 2.36 bits per heavy atom. The molecule has 0 radical (unpaired) electrons. The van der Waals surface area contributed by atoms with Crippen molar-refractivity contribution in [2.75, 3.05) is 0 Å². The smallest absolute Gasteiger partial charge is 0.251 e. The van der Waals surface area contributed by atoms with E-state index in [4.69, 9.17) is 20.9 Å². The van der Waals surface area contributed by atoms with Crippen molar-refractivity contribution in [1.29, 1.82) is 0 Å². The second-order valence-electron chi connectivity index (χ2n) is 7.96. The molecule has 1 amide bonds. The minimum atomic E-state index is -0.414. The normalized spacial score (nSPS) is 11.9. The first-order chi connectivity index (χ1) is 16.0. The van der Waals surface area contributed by atoms with Crippen LogP contribution in [0.1, 0.15) is 41.7 Å². The number of hydrogen-bond acceptors (Lipinski definition) is 5. The Bertz CT molecular complexity index is 1190. The number of benzene rings is 3. The Hall–Kier alpha value is -3.64. The van der Waals surface area contributed by atoms with Gasteiger partial charge < -0.3 is 14.6 Å². The highest BCUT2D eigenvalue weighted by Gasteiger charge is 2.25. The van der Waals surface area contributed by atoms with Gasteiger partial charge in [0, 0.05) is 16.1 Å². The SMILES string of the molecule is CC(C)[C@H](NC(=O)c1ccc(OCc2ccc(Cl)cc2)cc1)c1nc(-c2ccccc2)no1. The van der Waals surface area contributed by atoms with E-state index in [1.807, 2.05) is 68.4 Å². The molecule has 0 bridgehead atoms. The van der Waals surface area contributed by atoms with Crippen LogP contribution in [0.15, 0.2) is 83.4 Å². The molecular weight excluding hydrogens is 438 g/mol. The van der Waals surface area contributed by atoms with Crippen LogP contribution in [0.4, 0.5) is 0 Å². The van der Waals surface area contributed by atoms with Gasteiger partial charge >= 0.3 is 0 Å². The Balaban J connectivity index is 1.40. The van der Waals surface area contributed by atoms with Gasteiger partial charge in [0.05, 0.1) is 0 Å². The molecule has 1 aromatic heterocycles. The summed E-state index contributed by atoms with van der Waals surface area (Å²) in [7, 11) is 0. The van der Waals surface area contributed by atoms with Crippen LogP contribution in [-0.4, -0.2) is 16.0 Å². The zero-order chi connectivity index (χ0) is 23.2. The summed E-state index contributed by atoms with van der Waals surface area (Å²) in [5.41, 5.74) is 2.38. The first-order valence-corrected chi connectivity index (χ1v) is 11.0. The maximum Gasteiger partial charge on any atom is 0.251 e. The van der Waals surface area contributed by atoms with Crippen molar-refractivity contribution in [3.05, 3.63) is 101 Å². The van der Waals surface area contributed by atoms with Gasteiger partial charge in [-0.2, -0.15) is 4.98 Å². The molecule has 1 atom stereocenters. The second-order valence-corrected chi connectivity index (χ2v) is 8.39. The number of hydrogen-bond donors (Lipinski definition) is 1. The fraction of sp³-hybridized carbons (Fsp3) is 0.192. The molecule has 0 fully saturated rings. The lowest BCUT2D eigenvalue weighted by molar-refractivity contribution is 0.0914. The molecule has 168 valence electrons. The third-order valence-corrected chi connectivity index (χ3v) is 5.38. The number of rotatable bonds is 8. The molecule has 4 aromatic rings. The quantitative estimate of drug-likeness (QED) is 0.343. The van der Waals surface area contributed by atoms with Gasteiger partial charge in [0.25, 0.3) is 5.91 Å². The number of carbonyl (C=O) groups excluding carboxylic acids is 1. The number of carbonyl (C=O) groups is 1. The molecule has 1 N–H and O–H groups in total. The van der Waals surface area contributed by atoms with E-state index in [0.717, 1.165) is 11.1 Å². The zero-order valence-corrected chi connectivity index (χ0v) is 19.1. The third-order valence-electron chi connectivity index (χ3n) is 5.13. The summed E-state index contributed by atoms with van der Waals surface area (Å²) in [5, 5.41) is 7.76. The highest BCUT2D eigenvalue weighted by atomic mass is 35.5. The molecule has 0 aliphatic heterocycles. The topological polar surface area (TPSA) is 77.2 Å². The van der Waals surface area contributed by atoms with Gasteiger partial charge in [-0.05, 0) is 47.9 Å². The predicted octanol–water partition coefficient (Wildman–Crippen LogP) is 6.10. The number of nitrogens with zero attached hydrogens (tertiary/aromatic N) is 2. The van der Waals surface area contributed by atoms with Crippen LogP contribution >= 0.6 is 11.6 Å². The van der Waals surface area contributed by atoms with Gasteiger partial charge in [-0.15, -0.1) is 0 Å². The first kappa shape index (κ1) is 22.6. The zero-order valence-electron chi connectivity index (χ0n) is 18.4. The molecule has 3 aromatic carbocycles. The predicted molar refractivity (Wildman–Crippen MR) is 127 cm³/mol. The van der Waals surface area contributed by atoms with Crippen LogP contribution in [0, 0.1) is 5.92 Å². The Kier molecular flexibility index (Phi) is 7.05. The lowest BCUT2D eigenvalue weighted by Crippen LogP contribution is -2.32. The minimum Gasteiger partial charge on any atom is -0.489 e. The van der Waals surface area contributed by atoms with Gasteiger partial charge in [0.15, 0.2) is 0 Å². The number of halogens is 1. The monoisotopic (exact) mass is 461 g/mol. The van der Waals surface area contributed by atoms with Crippen LogP contribution in [-0.2, 0) is 6.61 Å². The maximum atomic E-state index is 12.9. The Morgan fingerprint density at radius 1 is 1.00 bits per heavy atom. The van der Waals surface area contributed by atoms with Crippen molar-refractivity contribution in [2.24, 2.45) is 5.92 Å². The minimum absolute atomic E-state index is 0.0556. The molecule has 0 saturated carbocycles. The largest absolute Gasteiger partial charge is 0.489 e. The van der Waals surface area contributed by atoms with E-state index in [9.17, 15) is 4.79 Å². The second kappa shape index (κ2) is 10.3. The molecule has 0 aliphatic rings. The van der Waals surface area contributed by atoms with Crippen LogP contribution in [0.3, 0.4) is 0 Å². The van der Waals surface area contributed by atoms with Crippen molar-refractivity contribution in [3.63, 3.8) is 0 Å². The summed E-state index contributed by atoms with van der Waals surface area (Å²) in [6.45, 7) is 4.40. The van der Waals surface area contributed by atoms with Crippen molar-refractivity contribution in [2.45, 2.75) is 26.5 Å². The van der Waals surface area contributed by atoms with Gasteiger partial charge in [-0.1, -0.05) is 73.1 Å². The van der Waals surface area contributed by atoms with Gasteiger partial charge in [-0.25, -0.2) is 0 Å². The van der Waals surface area contributed by atoms with E-state index in [0.29, 0.717) is 34.7 Å². The summed E-state index contributed by atoms with van der Waals surface area (Å²) in [6, 6.07) is 23.6. The molecule has 6 nitrogen and oxygen atoms in total. The van der Waals surface area contributed by atoms with Crippen LogP contribution in [0.25, 0.3) is 11.4 Å². The first-order valence-electron chi connectivity index (χ1n) is 10.7. The fourth-order valence-electron chi connectivity index (χ4n) is 3.25. The molecular formula is C26H24ClN3O3. The number of nitrogens with one attached hydrogen (secondary N) is 1. The van der Waals surface area contributed by atoms with E-state index in [1.165, 1.54) is 0 Å². The summed E-state index contributed by atoms with van der Waals surface area (Å²) >= 11 is 5.91. The molecule has 4 rings (SSSR count). The molecule has 0 unspecified atom stereocenters. The van der Waals surface area contributed by atoms with E-state index < -0.39 is 6.04 Å².